The minimum Gasteiger partial charge on any atom is -0.173 e. The first-order valence-electron chi connectivity index (χ1n) is 4.17. The molecule has 0 amide bonds. The smallest absolute Gasteiger partial charge is 0.112 e. The number of benzene rings is 1. The van der Waals surface area contributed by atoms with Crippen molar-refractivity contribution in [3.63, 3.8) is 0 Å². The van der Waals surface area contributed by atoms with E-state index in [0.717, 1.165) is 16.6 Å². The predicted molar refractivity (Wildman–Crippen MR) is 56.9 cm³/mol. The Morgan fingerprint density at radius 3 is 2.77 bits per heavy atom. The molecule has 0 aliphatic rings. The summed E-state index contributed by atoms with van der Waals surface area (Å²) in [5, 5.41) is 0. The minimum atomic E-state index is 1.02. The van der Waals surface area contributed by atoms with Crippen LogP contribution in [0, 0.1) is 6.92 Å². The zero-order valence-electron chi connectivity index (χ0n) is 7.61. The van der Waals surface area contributed by atoms with E-state index in [1.54, 1.807) is 0 Å². The van der Waals surface area contributed by atoms with Crippen molar-refractivity contribution in [1.82, 2.24) is 8.75 Å². The molecule has 2 aromatic rings. The molecule has 1 aromatic heterocycles. The minimum absolute atomic E-state index is 1.02. The van der Waals surface area contributed by atoms with Gasteiger partial charge in [-0.05, 0) is 19.4 Å². The summed E-state index contributed by atoms with van der Waals surface area (Å²) in [6, 6.07) is 4.16. The summed E-state index contributed by atoms with van der Waals surface area (Å²) in [6.07, 6.45) is 4.08. The number of hydrogen-bond donors (Lipinski definition) is 0. The maximum atomic E-state index is 4.28. The summed E-state index contributed by atoms with van der Waals surface area (Å²) in [7, 11) is 0. The van der Waals surface area contributed by atoms with E-state index in [0.29, 0.717) is 0 Å². The van der Waals surface area contributed by atoms with E-state index >= 15 is 0 Å². The first-order valence-corrected chi connectivity index (χ1v) is 4.90. The van der Waals surface area contributed by atoms with Crippen LogP contribution in [0.15, 0.2) is 18.2 Å². The van der Waals surface area contributed by atoms with Gasteiger partial charge in [-0.1, -0.05) is 24.3 Å². The molecule has 66 valence electrons. The van der Waals surface area contributed by atoms with Gasteiger partial charge in [-0.2, -0.15) is 8.75 Å². The van der Waals surface area contributed by atoms with Crippen LogP contribution < -0.4 is 0 Å². The van der Waals surface area contributed by atoms with Crippen LogP contribution in [0.4, 0.5) is 0 Å². The average Bonchev–Trinajstić information content (AvgIpc) is 2.59. The van der Waals surface area contributed by atoms with Gasteiger partial charge in [0.1, 0.15) is 11.0 Å². The van der Waals surface area contributed by atoms with E-state index in [1.165, 1.54) is 17.3 Å². The Kier molecular flexibility index (Phi) is 2.10. The van der Waals surface area contributed by atoms with Crippen LogP contribution in [0.5, 0.6) is 0 Å². The fraction of sp³-hybridized carbons (Fsp3) is 0.200. The number of aromatic nitrogens is 2. The maximum Gasteiger partial charge on any atom is 0.112 e. The standard InChI is InChI=1S/C10H10N2S/c1-3-4-8-6-5-7(2)9-10(8)12-13-11-9/h3-6H,1-2H3/b4-3+. The molecule has 0 unspecified atom stereocenters. The molecule has 2 rings (SSSR count). The predicted octanol–water partition coefficient (Wildman–Crippen LogP) is 3.03. The molecule has 0 atom stereocenters. The van der Waals surface area contributed by atoms with Crippen molar-refractivity contribution in [3.05, 3.63) is 29.3 Å². The first-order chi connectivity index (χ1) is 6.33. The third-order valence-electron chi connectivity index (χ3n) is 1.99. The molecule has 1 heterocycles. The van der Waals surface area contributed by atoms with Gasteiger partial charge in [-0.3, -0.25) is 0 Å². The quantitative estimate of drug-likeness (QED) is 0.690. The van der Waals surface area contributed by atoms with E-state index in [2.05, 4.69) is 33.9 Å². The highest BCUT2D eigenvalue weighted by Crippen LogP contribution is 2.21. The maximum absolute atomic E-state index is 4.28. The number of aryl methyl sites for hydroxylation is 1. The van der Waals surface area contributed by atoms with Crippen molar-refractivity contribution in [2.24, 2.45) is 0 Å². The molecule has 0 aliphatic carbocycles. The summed E-state index contributed by atoms with van der Waals surface area (Å²) in [6.45, 7) is 4.06. The molecule has 0 radical (unpaired) electrons. The zero-order valence-corrected chi connectivity index (χ0v) is 8.43. The Bertz CT molecular complexity index is 457. The van der Waals surface area contributed by atoms with Crippen LogP contribution in [0.3, 0.4) is 0 Å². The summed E-state index contributed by atoms with van der Waals surface area (Å²) < 4.78 is 8.54. The lowest BCUT2D eigenvalue weighted by molar-refractivity contribution is 1.47. The van der Waals surface area contributed by atoms with Gasteiger partial charge in [0.05, 0.1) is 11.7 Å². The van der Waals surface area contributed by atoms with E-state index < -0.39 is 0 Å². The molecular formula is C10H10N2S. The fourth-order valence-corrected chi connectivity index (χ4v) is 1.95. The molecule has 0 fully saturated rings. The molecule has 0 aliphatic heterocycles. The Morgan fingerprint density at radius 1 is 1.23 bits per heavy atom. The lowest BCUT2D eigenvalue weighted by Crippen LogP contribution is -1.80. The van der Waals surface area contributed by atoms with Crippen LogP contribution in [-0.4, -0.2) is 8.75 Å². The fourth-order valence-electron chi connectivity index (χ4n) is 1.32. The molecule has 0 spiro atoms. The largest absolute Gasteiger partial charge is 0.173 e. The topological polar surface area (TPSA) is 25.8 Å². The number of rotatable bonds is 1. The van der Waals surface area contributed by atoms with Crippen molar-refractivity contribution in [1.29, 1.82) is 0 Å². The van der Waals surface area contributed by atoms with Gasteiger partial charge in [-0.25, -0.2) is 0 Å². The lowest BCUT2D eigenvalue weighted by Gasteiger charge is -1.96. The molecule has 0 saturated carbocycles. The van der Waals surface area contributed by atoms with Crippen LogP contribution in [0.25, 0.3) is 17.1 Å². The van der Waals surface area contributed by atoms with Gasteiger partial charge >= 0.3 is 0 Å². The van der Waals surface area contributed by atoms with Crippen molar-refractivity contribution in [3.8, 4) is 0 Å². The highest BCUT2D eigenvalue weighted by molar-refractivity contribution is 7.00. The Hall–Kier alpha value is -1.22. The van der Waals surface area contributed by atoms with E-state index in [1.807, 2.05) is 13.0 Å². The van der Waals surface area contributed by atoms with Gasteiger partial charge in [0, 0.05) is 5.56 Å². The van der Waals surface area contributed by atoms with E-state index in [9.17, 15) is 0 Å². The molecule has 2 nitrogen and oxygen atoms in total. The van der Waals surface area contributed by atoms with Gasteiger partial charge in [0.2, 0.25) is 0 Å². The monoisotopic (exact) mass is 190 g/mol. The lowest BCUT2D eigenvalue weighted by atomic mass is 10.1. The summed E-state index contributed by atoms with van der Waals surface area (Å²) in [5.41, 5.74) is 4.39. The molecule has 3 heteroatoms. The zero-order chi connectivity index (χ0) is 9.26. The van der Waals surface area contributed by atoms with Crippen LogP contribution in [0.2, 0.25) is 0 Å². The van der Waals surface area contributed by atoms with E-state index in [4.69, 9.17) is 0 Å². The summed E-state index contributed by atoms with van der Waals surface area (Å²) in [4.78, 5) is 0. The van der Waals surface area contributed by atoms with Crippen LogP contribution in [-0.2, 0) is 0 Å². The Morgan fingerprint density at radius 2 is 2.00 bits per heavy atom. The second-order valence-electron chi connectivity index (χ2n) is 2.93. The molecule has 0 saturated heterocycles. The molecule has 13 heavy (non-hydrogen) atoms. The SMILES string of the molecule is C/C=C/c1ccc(C)c2nsnc12. The molecular weight excluding hydrogens is 180 g/mol. The highest BCUT2D eigenvalue weighted by atomic mass is 32.1. The summed E-state index contributed by atoms with van der Waals surface area (Å²) >= 11 is 1.27. The van der Waals surface area contributed by atoms with Gasteiger partial charge in [0.15, 0.2) is 0 Å². The van der Waals surface area contributed by atoms with Crippen molar-refractivity contribution >= 4 is 28.8 Å². The van der Waals surface area contributed by atoms with Crippen LogP contribution >= 0.6 is 11.7 Å². The van der Waals surface area contributed by atoms with Gasteiger partial charge in [-0.15, -0.1) is 0 Å². The number of fused-ring (bicyclic) bond motifs is 1. The third-order valence-corrected chi connectivity index (χ3v) is 2.52. The number of allylic oxidation sites excluding steroid dienone is 1. The highest BCUT2D eigenvalue weighted by Gasteiger charge is 2.04. The molecule has 0 bridgehead atoms. The second-order valence-corrected chi connectivity index (χ2v) is 3.46. The molecule has 0 N–H and O–H groups in total. The Labute approximate surface area is 81.2 Å². The summed E-state index contributed by atoms with van der Waals surface area (Å²) in [5.74, 6) is 0. The van der Waals surface area contributed by atoms with E-state index in [-0.39, 0.29) is 0 Å². The second kappa shape index (κ2) is 3.26. The van der Waals surface area contributed by atoms with Gasteiger partial charge < -0.3 is 0 Å². The Balaban J connectivity index is 2.78. The third kappa shape index (κ3) is 1.35. The number of hydrogen-bond acceptors (Lipinski definition) is 3. The number of nitrogens with zero attached hydrogens (tertiary/aromatic N) is 2. The first kappa shape index (κ1) is 8.38. The van der Waals surface area contributed by atoms with Crippen molar-refractivity contribution in [2.45, 2.75) is 13.8 Å². The van der Waals surface area contributed by atoms with Crippen molar-refractivity contribution < 1.29 is 0 Å². The van der Waals surface area contributed by atoms with Gasteiger partial charge in [0.25, 0.3) is 0 Å². The average molecular weight is 190 g/mol. The van der Waals surface area contributed by atoms with Crippen LogP contribution in [0.1, 0.15) is 18.1 Å². The van der Waals surface area contributed by atoms with Crippen molar-refractivity contribution in [2.75, 3.05) is 0 Å². The normalized spacial score (nSPS) is 11.5. The molecule has 1 aromatic carbocycles.